The van der Waals surface area contributed by atoms with Gasteiger partial charge in [-0.15, -0.1) is 0 Å². The van der Waals surface area contributed by atoms with Crippen molar-refractivity contribution in [3.63, 3.8) is 0 Å². The lowest BCUT2D eigenvalue weighted by atomic mass is 10.0. The standard InChI is InChI=1S/C10H11F3N2/c11-10(12,13)7-2-1-5-15-9(7)8(14)6-3-4-6/h1-2,5-6,8H,3-4,14H2/t8-/m0/s1. The van der Waals surface area contributed by atoms with Crippen LogP contribution >= 0.6 is 0 Å². The lowest BCUT2D eigenvalue weighted by Gasteiger charge is -2.16. The molecule has 1 aliphatic rings. The highest BCUT2D eigenvalue weighted by molar-refractivity contribution is 5.26. The summed E-state index contributed by atoms with van der Waals surface area (Å²) in [4.78, 5) is 3.76. The first kappa shape index (κ1) is 10.4. The van der Waals surface area contributed by atoms with Gasteiger partial charge in [0.1, 0.15) is 0 Å². The summed E-state index contributed by atoms with van der Waals surface area (Å²) < 4.78 is 37.8. The summed E-state index contributed by atoms with van der Waals surface area (Å²) in [6.07, 6.45) is -1.22. The number of halogens is 3. The van der Waals surface area contributed by atoms with Crippen molar-refractivity contribution in [2.24, 2.45) is 11.7 Å². The molecule has 1 heterocycles. The van der Waals surface area contributed by atoms with Crippen LogP contribution in [0.25, 0.3) is 0 Å². The zero-order chi connectivity index (χ0) is 11.1. The van der Waals surface area contributed by atoms with Gasteiger partial charge in [-0.05, 0) is 30.9 Å². The molecule has 1 aromatic heterocycles. The maximum absolute atomic E-state index is 12.6. The summed E-state index contributed by atoms with van der Waals surface area (Å²) in [6.45, 7) is 0. The largest absolute Gasteiger partial charge is 0.418 e. The quantitative estimate of drug-likeness (QED) is 0.824. The molecule has 1 atom stereocenters. The van der Waals surface area contributed by atoms with Crippen LogP contribution in [0.2, 0.25) is 0 Å². The number of nitrogens with zero attached hydrogens (tertiary/aromatic N) is 1. The molecule has 1 saturated carbocycles. The highest BCUT2D eigenvalue weighted by atomic mass is 19.4. The number of hydrogen-bond acceptors (Lipinski definition) is 2. The Morgan fingerprint density at radius 2 is 2.07 bits per heavy atom. The first-order valence-electron chi connectivity index (χ1n) is 4.78. The Balaban J connectivity index is 2.37. The van der Waals surface area contributed by atoms with Crippen molar-refractivity contribution in [1.82, 2.24) is 4.98 Å². The van der Waals surface area contributed by atoms with E-state index in [0.29, 0.717) is 0 Å². The van der Waals surface area contributed by atoms with Crippen LogP contribution in [0.3, 0.4) is 0 Å². The van der Waals surface area contributed by atoms with Crippen LogP contribution in [0.1, 0.15) is 30.1 Å². The number of rotatable bonds is 2. The number of aromatic nitrogens is 1. The van der Waals surface area contributed by atoms with Crippen LogP contribution < -0.4 is 5.73 Å². The zero-order valence-corrected chi connectivity index (χ0v) is 7.96. The molecule has 0 spiro atoms. The lowest BCUT2D eigenvalue weighted by molar-refractivity contribution is -0.138. The van der Waals surface area contributed by atoms with E-state index in [9.17, 15) is 13.2 Å². The maximum atomic E-state index is 12.6. The first-order valence-corrected chi connectivity index (χ1v) is 4.78. The molecular formula is C10H11F3N2. The van der Waals surface area contributed by atoms with E-state index < -0.39 is 17.8 Å². The van der Waals surface area contributed by atoms with Crippen molar-refractivity contribution in [2.75, 3.05) is 0 Å². The molecular weight excluding hydrogens is 205 g/mol. The molecule has 0 saturated heterocycles. The summed E-state index contributed by atoms with van der Waals surface area (Å²) in [6, 6.07) is 1.74. The SMILES string of the molecule is N[C@H](c1ncccc1C(F)(F)F)C1CC1. The minimum atomic E-state index is -4.36. The van der Waals surface area contributed by atoms with Crippen molar-refractivity contribution >= 4 is 0 Å². The Labute approximate surface area is 85.3 Å². The Morgan fingerprint density at radius 1 is 1.40 bits per heavy atom. The van der Waals surface area contributed by atoms with E-state index in [1.807, 2.05) is 0 Å². The Hall–Kier alpha value is -1.10. The molecule has 5 heteroatoms. The Bertz CT molecular complexity index is 358. The van der Waals surface area contributed by atoms with Crippen LogP contribution in [0.4, 0.5) is 13.2 Å². The maximum Gasteiger partial charge on any atom is 0.418 e. The van der Waals surface area contributed by atoms with E-state index in [2.05, 4.69) is 4.98 Å². The van der Waals surface area contributed by atoms with Crippen LogP contribution in [0.15, 0.2) is 18.3 Å². The number of pyridine rings is 1. The lowest BCUT2D eigenvalue weighted by Crippen LogP contribution is -2.20. The fourth-order valence-corrected chi connectivity index (χ4v) is 1.60. The molecule has 0 aromatic carbocycles. The van der Waals surface area contributed by atoms with E-state index >= 15 is 0 Å². The monoisotopic (exact) mass is 216 g/mol. The first-order chi connectivity index (χ1) is 7.00. The van der Waals surface area contributed by atoms with Crippen LogP contribution in [0.5, 0.6) is 0 Å². The summed E-state index contributed by atoms with van der Waals surface area (Å²) >= 11 is 0. The second-order valence-corrected chi connectivity index (χ2v) is 3.80. The van der Waals surface area contributed by atoms with E-state index in [1.54, 1.807) is 0 Å². The molecule has 1 aliphatic carbocycles. The van der Waals surface area contributed by atoms with Gasteiger partial charge in [0.15, 0.2) is 0 Å². The van der Waals surface area contributed by atoms with Crippen molar-refractivity contribution in [3.8, 4) is 0 Å². The molecule has 0 bridgehead atoms. The number of nitrogens with two attached hydrogens (primary N) is 1. The molecule has 2 nitrogen and oxygen atoms in total. The fourth-order valence-electron chi connectivity index (χ4n) is 1.60. The molecule has 2 N–H and O–H groups in total. The zero-order valence-electron chi connectivity index (χ0n) is 7.96. The third-order valence-corrected chi connectivity index (χ3v) is 2.59. The smallest absolute Gasteiger partial charge is 0.322 e. The highest BCUT2D eigenvalue weighted by Gasteiger charge is 2.39. The summed E-state index contributed by atoms with van der Waals surface area (Å²) in [7, 11) is 0. The van der Waals surface area contributed by atoms with Gasteiger partial charge >= 0.3 is 6.18 Å². The molecule has 15 heavy (non-hydrogen) atoms. The average molecular weight is 216 g/mol. The van der Waals surface area contributed by atoms with Gasteiger partial charge in [0.25, 0.3) is 0 Å². The minimum Gasteiger partial charge on any atom is -0.322 e. The Morgan fingerprint density at radius 3 is 2.60 bits per heavy atom. The molecule has 1 aromatic rings. The van der Waals surface area contributed by atoms with Crippen molar-refractivity contribution in [2.45, 2.75) is 25.1 Å². The molecule has 0 amide bonds. The van der Waals surface area contributed by atoms with Crippen molar-refractivity contribution < 1.29 is 13.2 Å². The molecule has 2 rings (SSSR count). The highest BCUT2D eigenvalue weighted by Crippen LogP contribution is 2.42. The predicted molar refractivity (Wildman–Crippen MR) is 48.9 cm³/mol. The molecule has 0 radical (unpaired) electrons. The fraction of sp³-hybridized carbons (Fsp3) is 0.500. The third-order valence-electron chi connectivity index (χ3n) is 2.59. The van der Waals surface area contributed by atoms with Gasteiger partial charge in [-0.2, -0.15) is 13.2 Å². The van der Waals surface area contributed by atoms with Gasteiger partial charge in [0.2, 0.25) is 0 Å². The molecule has 0 aliphatic heterocycles. The van der Waals surface area contributed by atoms with Gasteiger partial charge in [0, 0.05) is 6.20 Å². The second-order valence-electron chi connectivity index (χ2n) is 3.80. The molecule has 1 fully saturated rings. The van der Waals surface area contributed by atoms with E-state index in [1.165, 1.54) is 12.3 Å². The summed E-state index contributed by atoms with van der Waals surface area (Å²) in [5.74, 6) is 0.168. The second kappa shape index (κ2) is 3.48. The summed E-state index contributed by atoms with van der Waals surface area (Å²) in [5.41, 5.74) is 5.01. The summed E-state index contributed by atoms with van der Waals surface area (Å²) in [5, 5.41) is 0. The average Bonchev–Trinajstić information content (AvgIpc) is 2.98. The van der Waals surface area contributed by atoms with E-state index in [-0.39, 0.29) is 11.6 Å². The van der Waals surface area contributed by atoms with Gasteiger partial charge in [-0.25, -0.2) is 0 Å². The third kappa shape index (κ3) is 2.12. The van der Waals surface area contributed by atoms with Crippen molar-refractivity contribution in [1.29, 1.82) is 0 Å². The van der Waals surface area contributed by atoms with Gasteiger partial charge in [0.05, 0.1) is 17.3 Å². The van der Waals surface area contributed by atoms with Gasteiger partial charge in [-0.1, -0.05) is 0 Å². The van der Waals surface area contributed by atoms with Crippen LogP contribution in [-0.2, 0) is 6.18 Å². The van der Waals surface area contributed by atoms with Gasteiger partial charge < -0.3 is 5.73 Å². The van der Waals surface area contributed by atoms with E-state index in [0.717, 1.165) is 18.9 Å². The topological polar surface area (TPSA) is 38.9 Å². The van der Waals surface area contributed by atoms with Crippen LogP contribution in [-0.4, -0.2) is 4.98 Å². The van der Waals surface area contributed by atoms with Gasteiger partial charge in [-0.3, -0.25) is 4.98 Å². The normalized spacial score (nSPS) is 18.9. The molecule has 82 valence electrons. The molecule has 0 unspecified atom stereocenters. The predicted octanol–water partition coefficient (Wildman–Crippen LogP) is 2.51. The van der Waals surface area contributed by atoms with E-state index in [4.69, 9.17) is 5.73 Å². The van der Waals surface area contributed by atoms with Crippen LogP contribution in [0, 0.1) is 5.92 Å². The Kier molecular flexibility index (Phi) is 2.42. The number of hydrogen-bond donors (Lipinski definition) is 1. The minimum absolute atomic E-state index is 0.0208. The number of alkyl halides is 3. The van der Waals surface area contributed by atoms with Crippen molar-refractivity contribution in [3.05, 3.63) is 29.6 Å².